The third-order valence-electron chi connectivity index (χ3n) is 2.77. The minimum absolute atomic E-state index is 0.0754. The molecule has 5 nitrogen and oxygen atoms in total. The van der Waals surface area contributed by atoms with Gasteiger partial charge in [0.1, 0.15) is 5.76 Å². The van der Waals surface area contributed by atoms with E-state index < -0.39 is 10.0 Å². The summed E-state index contributed by atoms with van der Waals surface area (Å²) >= 11 is 0. The fourth-order valence-electron chi connectivity index (χ4n) is 1.59. The van der Waals surface area contributed by atoms with Gasteiger partial charge in [-0.25, -0.2) is 13.1 Å². The van der Waals surface area contributed by atoms with Gasteiger partial charge in [0.2, 0.25) is 5.09 Å². The molecular formula is C14H22N2O3S. The maximum atomic E-state index is 12.1. The molecule has 0 spiro atoms. The fourth-order valence-corrected chi connectivity index (χ4v) is 2.86. The number of terminal acetylenes is 1. The van der Waals surface area contributed by atoms with Gasteiger partial charge in [-0.1, -0.05) is 20.8 Å². The highest BCUT2D eigenvalue weighted by Crippen LogP contribution is 2.15. The molecule has 0 saturated carbocycles. The monoisotopic (exact) mass is 298 g/mol. The van der Waals surface area contributed by atoms with Crippen molar-refractivity contribution in [1.29, 1.82) is 0 Å². The third kappa shape index (κ3) is 5.00. The summed E-state index contributed by atoms with van der Waals surface area (Å²) in [6.07, 6.45) is 6.21. The van der Waals surface area contributed by atoms with Crippen LogP contribution in [0.2, 0.25) is 0 Å². The molecule has 20 heavy (non-hydrogen) atoms. The number of sulfonamides is 1. The van der Waals surface area contributed by atoms with Crippen molar-refractivity contribution in [2.75, 3.05) is 0 Å². The minimum atomic E-state index is -3.65. The molecule has 0 radical (unpaired) electrons. The average molecular weight is 298 g/mol. The number of rotatable bonds is 8. The molecule has 6 heteroatoms. The molecule has 1 aromatic rings. The lowest BCUT2D eigenvalue weighted by atomic mass is 10.2. The highest BCUT2D eigenvalue weighted by atomic mass is 32.2. The van der Waals surface area contributed by atoms with E-state index in [1.54, 1.807) is 6.07 Å². The first-order valence-electron chi connectivity index (χ1n) is 6.67. The molecule has 1 unspecified atom stereocenters. The van der Waals surface area contributed by atoms with Crippen molar-refractivity contribution in [3.63, 3.8) is 0 Å². The Hall–Kier alpha value is -1.29. The summed E-state index contributed by atoms with van der Waals surface area (Å²) in [6.45, 7) is 6.39. The van der Waals surface area contributed by atoms with Crippen molar-refractivity contribution in [2.45, 2.75) is 57.3 Å². The molecule has 1 aromatic heterocycles. The molecule has 0 saturated heterocycles. The van der Waals surface area contributed by atoms with Gasteiger partial charge in [0.15, 0.2) is 0 Å². The van der Waals surface area contributed by atoms with Crippen LogP contribution in [0.1, 0.15) is 39.4 Å². The Kier molecular flexibility index (Phi) is 6.27. The van der Waals surface area contributed by atoms with E-state index in [0.29, 0.717) is 31.2 Å². The van der Waals surface area contributed by atoms with Crippen molar-refractivity contribution in [3.8, 4) is 12.3 Å². The zero-order chi connectivity index (χ0) is 15.2. The molecule has 0 aliphatic heterocycles. The van der Waals surface area contributed by atoms with Gasteiger partial charge in [0, 0.05) is 18.5 Å². The zero-order valence-electron chi connectivity index (χ0n) is 12.1. The largest absolute Gasteiger partial charge is 0.447 e. The van der Waals surface area contributed by atoms with E-state index in [9.17, 15) is 8.42 Å². The number of hydrogen-bond donors (Lipinski definition) is 2. The highest BCUT2D eigenvalue weighted by Gasteiger charge is 2.22. The van der Waals surface area contributed by atoms with Crippen molar-refractivity contribution in [3.05, 3.63) is 17.9 Å². The molecule has 2 N–H and O–H groups in total. The van der Waals surface area contributed by atoms with Gasteiger partial charge in [0.05, 0.1) is 6.54 Å². The molecule has 0 amide bonds. The van der Waals surface area contributed by atoms with Gasteiger partial charge >= 0.3 is 0 Å². The zero-order valence-corrected chi connectivity index (χ0v) is 13.0. The van der Waals surface area contributed by atoms with Crippen LogP contribution in [-0.4, -0.2) is 20.5 Å². The van der Waals surface area contributed by atoms with E-state index in [1.165, 1.54) is 6.07 Å². The first kappa shape index (κ1) is 16.8. The van der Waals surface area contributed by atoms with E-state index in [-0.39, 0.29) is 11.1 Å². The SMILES string of the molecule is C#CCC(CC)NS(=O)(=O)c1ccc(CNC(C)C)o1. The average Bonchev–Trinajstić information content (AvgIpc) is 2.85. The molecule has 112 valence electrons. The maximum absolute atomic E-state index is 12.1. The van der Waals surface area contributed by atoms with Crippen molar-refractivity contribution >= 4 is 10.0 Å². The molecular weight excluding hydrogens is 276 g/mol. The molecule has 0 aliphatic rings. The van der Waals surface area contributed by atoms with Crippen LogP contribution in [-0.2, 0) is 16.6 Å². The van der Waals surface area contributed by atoms with Crippen LogP contribution in [0, 0.1) is 12.3 Å². The molecule has 0 aromatic carbocycles. The molecule has 1 atom stereocenters. The molecule has 0 bridgehead atoms. The lowest BCUT2D eigenvalue weighted by molar-refractivity contribution is 0.391. The van der Waals surface area contributed by atoms with E-state index >= 15 is 0 Å². The van der Waals surface area contributed by atoms with Crippen LogP contribution in [0.15, 0.2) is 21.6 Å². The third-order valence-corrected chi connectivity index (χ3v) is 4.16. The summed E-state index contributed by atoms with van der Waals surface area (Å²) in [4.78, 5) is 0. The summed E-state index contributed by atoms with van der Waals surface area (Å²) in [5, 5.41) is 3.09. The Balaban J connectivity index is 2.75. The molecule has 1 heterocycles. The van der Waals surface area contributed by atoms with Gasteiger partial charge in [0.25, 0.3) is 10.0 Å². The lowest BCUT2D eigenvalue weighted by Crippen LogP contribution is -2.33. The Bertz CT molecular complexity index is 555. The van der Waals surface area contributed by atoms with Crippen molar-refractivity contribution in [1.82, 2.24) is 10.0 Å². The van der Waals surface area contributed by atoms with Gasteiger partial charge < -0.3 is 9.73 Å². The van der Waals surface area contributed by atoms with Crippen LogP contribution >= 0.6 is 0 Å². The van der Waals surface area contributed by atoms with E-state index in [1.807, 2.05) is 20.8 Å². The molecule has 0 aliphatic carbocycles. The Morgan fingerprint density at radius 1 is 1.40 bits per heavy atom. The van der Waals surface area contributed by atoms with Crippen LogP contribution in [0.25, 0.3) is 0 Å². The second-order valence-corrected chi connectivity index (χ2v) is 6.54. The minimum Gasteiger partial charge on any atom is -0.447 e. The summed E-state index contributed by atoms with van der Waals surface area (Å²) in [5.41, 5.74) is 0. The van der Waals surface area contributed by atoms with Crippen LogP contribution in [0.4, 0.5) is 0 Å². The van der Waals surface area contributed by atoms with Gasteiger partial charge in [-0.05, 0) is 18.6 Å². The summed E-state index contributed by atoms with van der Waals surface area (Å²) in [5.74, 6) is 3.05. The summed E-state index contributed by atoms with van der Waals surface area (Å²) in [7, 11) is -3.65. The standard InChI is InChI=1S/C14H22N2O3S/c1-5-7-12(6-2)16-20(17,18)14-9-8-13(19-14)10-15-11(3)4/h1,8-9,11-12,15-16H,6-7,10H2,2-4H3. The Morgan fingerprint density at radius 3 is 2.65 bits per heavy atom. The van der Waals surface area contributed by atoms with Gasteiger partial charge in [-0.15, -0.1) is 12.3 Å². The van der Waals surface area contributed by atoms with Crippen molar-refractivity contribution < 1.29 is 12.8 Å². The predicted octanol–water partition coefficient (Wildman–Crippen LogP) is 1.86. The Labute approximate surface area is 121 Å². The highest BCUT2D eigenvalue weighted by molar-refractivity contribution is 7.89. The number of nitrogens with one attached hydrogen (secondary N) is 2. The summed E-state index contributed by atoms with van der Waals surface area (Å²) < 4.78 is 32.2. The van der Waals surface area contributed by atoms with Crippen LogP contribution in [0.5, 0.6) is 0 Å². The predicted molar refractivity (Wildman–Crippen MR) is 78.5 cm³/mol. The second-order valence-electron chi connectivity index (χ2n) is 4.89. The van der Waals surface area contributed by atoms with Gasteiger partial charge in [-0.2, -0.15) is 0 Å². The number of furan rings is 1. The summed E-state index contributed by atoms with van der Waals surface area (Å²) in [6, 6.07) is 3.15. The van der Waals surface area contributed by atoms with E-state index in [4.69, 9.17) is 10.8 Å². The van der Waals surface area contributed by atoms with Crippen molar-refractivity contribution in [2.24, 2.45) is 0 Å². The number of hydrogen-bond acceptors (Lipinski definition) is 4. The molecule has 0 fully saturated rings. The van der Waals surface area contributed by atoms with Crippen LogP contribution in [0.3, 0.4) is 0 Å². The normalized spacial score (nSPS) is 13.3. The quantitative estimate of drug-likeness (QED) is 0.719. The Morgan fingerprint density at radius 2 is 2.10 bits per heavy atom. The topological polar surface area (TPSA) is 71.3 Å². The fraction of sp³-hybridized carbons (Fsp3) is 0.571. The first-order valence-corrected chi connectivity index (χ1v) is 8.15. The van der Waals surface area contributed by atoms with E-state index in [0.717, 1.165) is 0 Å². The smallest absolute Gasteiger partial charge is 0.274 e. The second kappa shape index (κ2) is 7.48. The van der Waals surface area contributed by atoms with Crippen LogP contribution < -0.4 is 10.0 Å². The van der Waals surface area contributed by atoms with E-state index in [2.05, 4.69) is 16.0 Å². The maximum Gasteiger partial charge on any atom is 0.274 e. The first-order chi connectivity index (χ1) is 9.39. The van der Waals surface area contributed by atoms with Gasteiger partial charge in [-0.3, -0.25) is 0 Å². The molecule has 1 rings (SSSR count). The lowest BCUT2D eigenvalue weighted by Gasteiger charge is -2.12.